The Balaban J connectivity index is 2.50. The molecule has 1 unspecified atom stereocenters. The number of carbonyl (C=O) groups excluding carboxylic acids is 1. The maximum atomic E-state index is 11.1. The molecule has 1 rings (SSSR count). The van der Waals surface area contributed by atoms with Crippen molar-refractivity contribution in [1.82, 2.24) is 0 Å². The maximum absolute atomic E-state index is 11.1. The highest BCUT2D eigenvalue weighted by molar-refractivity contribution is 5.72. The first-order chi connectivity index (χ1) is 8.52. The fourth-order valence-electron chi connectivity index (χ4n) is 1.26. The van der Waals surface area contributed by atoms with E-state index in [1.165, 1.54) is 7.11 Å². The third kappa shape index (κ3) is 4.59. The van der Waals surface area contributed by atoms with Gasteiger partial charge in [0.05, 0.1) is 13.5 Å². The molecule has 0 saturated heterocycles. The van der Waals surface area contributed by atoms with Crippen LogP contribution < -0.4 is 4.74 Å². The quantitative estimate of drug-likeness (QED) is 0.617. The Bertz CT molecular complexity index is 408. The Kier molecular flexibility index (Phi) is 5.39. The van der Waals surface area contributed by atoms with Crippen LogP contribution in [0.15, 0.2) is 36.4 Å². The van der Waals surface area contributed by atoms with Crippen LogP contribution in [0.4, 0.5) is 0 Å². The largest absolute Gasteiger partial charge is 0.491 e. The van der Waals surface area contributed by atoms with Gasteiger partial charge in [0.25, 0.3) is 0 Å². The first-order valence-corrected chi connectivity index (χ1v) is 5.65. The monoisotopic (exact) mass is 250 g/mol. The number of benzene rings is 1. The van der Waals surface area contributed by atoms with Gasteiger partial charge in [0.15, 0.2) is 0 Å². The number of aliphatic hydroxyl groups is 1. The summed E-state index contributed by atoms with van der Waals surface area (Å²) in [5.41, 5.74) is 1.52. The van der Waals surface area contributed by atoms with Gasteiger partial charge in [-0.05, 0) is 30.2 Å². The normalized spacial score (nSPS) is 11.7. The van der Waals surface area contributed by atoms with E-state index in [9.17, 15) is 9.90 Å². The molecule has 0 fully saturated rings. The molecule has 0 saturated carbocycles. The molecular formula is C14H18O4. The topological polar surface area (TPSA) is 55.8 Å². The Morgan fingerprint density at radius 3 is 2.50 bits per heavy atom. The lowest BCUT2D eigenvalue weighted by Gasteiger charge is -2.12. The van der Waals surface area contributed by atoms with Crippen molar-refractivity contribution in [2.24, 2.45) is 0 Å². The molecule has 1 aromatic carbocycles. The van der Waals surface area contributed by atoms with Gasteiger partial charge in [0.1, 0.15) is 18.5 Å². The second kappa shape index (κ2) is 6.81. The van der Waals surface area contributed by atoms with Gasteiger partial charge in [-0.2, -0.15) is 0 Å². The summed E-state index contributed by atoms with van der Waals surface area (Å²) in [4.78, 5) is 11.1. The third-order valence-electron chi connectivity index (χ3n) is 2.48. The zero-order valence-corrected chi connectivity index (χ0v) is 10.7. The van der Waals surface area contributed by atoms with Gasteiger partial charge in [-0.15, -0.1) is 0 Å². The number of aliphatic hydroxyl groups excluding tert-OH is 1. The highest BCUT2D eigenvalue weighted by Crippen LogP contribution is 2.13. The van der Waals surface area contributed by atoms with Gasteiger partial charge < -0.3 is 14.6 Å². The van der Waals surface area contributed by atoms with E-state index in [2.05, 4.69) is 11.3 Å². The molecule has 98 valence electrons. The Morgan fingerprint density at radius 2 is 2.00 bits per heavy atom. The molecule has 0 aliphatic rings. The fraction of sp³-hybridized carbons (Fsp3) is 0.357. The summed E-state index contributed by atoms with van der Waals surface area (Å²) in [5, 5.41) is 9.51. The van der Waals surface area contributed by atoms with Crippen LogP contribution in [0.2, 0.25) is 0 Å². The van der Waals surface area contributed by atoms with Gasteiger partial charge in [0.2, 0.25) is 0 Å². The minimum Gasteiger partial charge on any atom is -0.491 e. The average molecular weight is 250 g/mol. The van der Waals surface area contributed by atoms with E-state index in [4.69, 9.17) is 4.74 Å². The number of hydrogen-bond acceptors (Lipinski definition) is 4. The molecule has 1 aromatic rings. The van der Waals surface area contributed by atoms with Crippen molar-refractivity contribution in [1.29, 1.82) is 0 Å². The number of hydrogen-bond donors (Lipinski definition) is 1. The summed E-state index contributed by atoms with van der Waals surface area (Å²) in [6.07, 6.45) is -0.426. The van der Waals surface area contributed by atoms with Crippen molar-refractivity contribution in [3.05, 3.63) is 42.0 Å². The van der Waals surface area contributed by atoms with Crippen LogP contribution >= 0.6 is 0 Å². The van der Waals surface area contributed by atoms with Gasteiger partial charge in [0, 0.05) is 0 Å². The first kappa shape index (κ1) is 14.3. The summed E-state index contributed by atoms with van der Waals surface area (Å²) in [6, 6.07) is 7.09. The second-order valence-electron chi connectivity index (χ2n) is 4.07. The van der Waals surface area contributed by atoms with E-state index in [1.54, 1.807) is 31.2 Å². The molecule has 4 nitrogen and oxygen atoms in total. The van der Waals surface area contributed by atoms with E-state index in [-0.39, 0.29) is 19.0 Å². The van der Waals surface area contributed by atoms with Gasteiger partial charge >= 0.3 is 5.97 Å². The van der Waals surface area contributed by atoms with E-state index in [0.717, 1.165) is 5.56 Å². The predicted octanol–water partition coefficient (Wildman–Crippen LogP) is 1.72. The van der Waals surface area contributed by atoms with Crippen molar-refractivity contribution in [2.75, 3.05) is 13.7 Å². The Morgan fingerprint density at radius 1 is 1.39 bits per heavy atom. The summed E-state index contributed by atoms with van der Waals surface area (Å²) in [6.45, 7) is 5.56. The molecule has 0 aliphatic carbocycles. The standard InChI is InChI=1S/C14H18O4/c1-10(2)13(15)9-18-12-6-4-11(5-7-12)8-14(16)17-3/h4-7,13,15H,1,8-9H2,2-3H3. The molecule has 0 spiro atoms. The van der Waals surface area contributed by atoms with Crippen LogP contribution in [-0.4, -0.2) is 30.9 Å². The molecule has 4 heteroatoms. The highest BCUT2D eigenvalue weighted by Gasteiger charge is 2.06. The Labute approximate surface area is 107 Å². The van der Waals surface area contributed by atoms with Crippen LogP contribution in [0.5, 0.6) is 5.75 Å². The molecule has 1 atom stereocenters. The summed E-state index contributed by atoms with van der Waals surface area (Å²) >= 11 is 0. The van der Waals surface area contributed by atoms with Crippen LogP contribution in [0.3, 0.4) is 0 Å². The number of ether oxygens (including phenoxy) is 2. The molecule has 0 radical (unpaired) electrons. The van der Waals surface area contributed by atoms with Crippen molar-refractivity contribution < 1.29 is 19.4 Å². The van der Waals surface area contributed by atoms with E-state index < -0.39 is 6.10 Å². The third-order valence-corrected chi connectivity index (χ3v) is 2.48. The highest BCUT2D eigenvalue weighted by atomic mass is 16.5. The molecule has 0 aromatic heterocycles. The lowest BCUT2D eigenvalue weighted by atomic mass is 10.1. The van der Waals surface area contributed by atoms with Crippen LogP contribution in [0, 0.1) is 0 Å². The van der Waals surface area contributed by atoms with Crippen molar-refractivity contribution in [3.63, 3.8) is 0 Å². The van der Waals surface area contributed by atoms with Crippen molar-refractivity contribution in [3.8, 4) is 5.75 Å². The summed E-state index contributed by atoms with van der Waals surface area (Å²) in [7, 11) is 1.36. The lowest BCUT2D eigenvalue weighted by Crippen LogP contribution is -2.18. The zero-order valence-electron chi connectivity index (χ0n) is 10.7. The minimum atomic E-state index is -0.667. The van der Waals surface area contributed by atoms with E-state index >= 15 is 0 Å². The minimum absolute atomic E-state index is 0.172. The molecule has 0 aliphatic heterocycles. The number of methoxy groups -OCH3 is 1. The van der Waals surface area contributed by atoms with Crippen LogP contribution in [0.25, 0.3) is 0 Å². The first-order valence-electron chi connectivity index (χ1n) is 5.65. The molecular weight excluding hydrogens is 232 g/mol. The van der Waals surface area contributed by atoms with Crippen molar-refractivity contribution in [2.45, 2.75) is 19.4 Å². The average Bonchev–Trinajstić information content (AvgIpc) is 2.37. The lowest BCUT2D eigenvalue weighted by molar-refractivity contribution is -0.139. The number of carbonyl (C=O) groups is 1. The van der Waals surface area contributed by atoms with Gasteiger partial charge in [-0.1, -0.05) is 18.7 Å². The Hall–Kier alpha value is -1.81. The second-order valence-corrected chi connectivity index (χ2v) is 4.07. The van der Waals surface area contributed by atoms with E-state index in [0.29, 0.717) is 11.3 Å². The smallest absolute Gasteiger partial charge is 0.309 e. The summed E-state index contributed by atoms with van der Waals surface area (Å²) in [5.74, 6) is 0.366. The van der Waals surface area contributed by atoms with Crippen molar-refractivity contribution >= 4 is 5.97 Å². The summed E-state index contributed by atoms with van der Waals surface area (Å²) < 4.78 is 9.97. The molecule has 0 heterocycles. The fourth-order valence-corrected chi connectivity index (χ4v) is 1.26. The van der Waals surface area contributed by atoms with Crippen LogP contribution in [-0.2, 0) is 16.0 Å². The molecule has 18 heavy (non-hydrogen) atoms. The van der Waals surface area contributed by atoms with Gasteiger partial charge in [-0.25, -0.2) is 0 Å². The number of rotatable bonds is 6. The molecule has 0 bridgehead atoms. The molecule has 0 amide bonds. The van der Waals surface area contributed by atoms with Gasteiger partial charge in [-0.3, -0.25) is 4.79 Å². The van der Waals surface area contributed by atoms with E-state index in [1.807, 2.05) is 0 Å². The SMILES string of the molecule is C=C(C)C(O)COc1ccc(CC(=O)OC)cc1. The number of esters is 1. The van der Waals surface area contributed by atoms with Crippen LogP contribution in [0.1, 0.15) is 12.5 Å². The maximum Gasteiger partial charge on any atom is 0.309 e. The zero-order chi connectivity index (χ0) is 13.5. The molecule has 1 N–H and O–H groups in total. The predicted molar refractivity (Wildman–Crippen MR) is 68.5 cm³/mol.